The number of sulfonamides is 1. The Bertz CT molecular complexity index is 542. The van der Waals surface area contributed by atoms with Crippen molar-refractivity contribution in [3.8, 4) is 0 Å². The molecule has 0 aliphatic carbocycles. The molecule has 7 heteroatoms. The highest BCUT2D eigenvalue weighted by Gasteiger charge is 2.33. The van der Waals surface area contributed by atoms with Crippen LogP contribution in [0.25, 0.3) is 0 Å². The average molecular weight is 332 g/mol. The van der Waals surface area contributed by atoms with Crippen LogP contribution in [0.15, 0.2) is 16.3 Å². The van der Waals surface area contributed by atoms with Gasteiger partial charge >= 0.3 is 0 Å². The highest BCUT2D eigenvalue weighted by atomic mass is 32.2. The monoisotopic (exact) mass is 332 g/mol. The lowest BCUT2D eigenvalue weighted by molar-refractivity contribution is 0.115. The van der Waals surface area contributed by atoms with Crippen molar-refractivity contribution in [2.24, 2.45) is 0 Å². The minimum atomic E-state index is -3.34. The summed E-state index contributed by atoms with van der Waals surface area (Å²) in [7, 11) is -1.71. The molecule has 0 radical (unpaired) electrons. The number of nitrogens with one attached hydrogen (secondary N) is 1. The lowest BCUT2D eigenvalue weighted by Crippen LogP contribution is -2.29. The fourth-order valence-corrected chi connectivity index (χ4v) is 5.38. The molecule has 0 amide bonds. The first-order valence-corrected chi connectivity index (χ1v) is 9.66. The fraction of sp³-hybridized carbons (Fsp3) is 0.714. The Kier molecular flexibility index (Phi) is 6.19. The van der Waals surface area contributed by atoms with Crippen molar-refractivity contribution in [2.75, 3.05) is 33.3 Å². The first-order chi connectivity index (χ1) is 10.1. The molecule has 1 aliphatic rings. The van der Waals surface area contributed by atoms with E-state index in [4.69, 9.17) is 4.74 Å². The van der Waals surface area contributed by atoms with Crippen LogP contribution in [0.3, 0.4) is 0 Å². The molecule has 2 rings (SSSR count). The normalized spacial score (nSPS) is 20.2. The van der Waals surface area contributed by atoms with Crippen molar-refractivity contribution in [1.29, 1.82) is 0 Å². The van der Waals surface area contributed by atoms with Crippen molar-refractivity contribution < 1.29 is 13.2 Å². The van der Waals surface area contributed by atoms with Gasteiger partial charge in [0.1, 0.15) is 4.21 Å². The van der Waals surface area contributed by atoms with E-state index in [0.717, 1.165) is 37.2 Å². The Morgan fingerprint density at radius 2 is 2.24 bits per heavy atom. The molecule has 1 atom stereocenters. The molecule has 21 heavy (non-hydrogen) atoms. The topological polar surface area (TPSA) is 58.6 Å². The van der Waals surface area contributed by atoms with Gasteiger partial charge in [-0.05, 0) is 44.5 Å². The number of rotatable bonds is 8. The summed E-state index contributed by atoms with van der Waals surface area (Å²) in [5.41, 5.74) is 0. The minimum absolute atomic E-state index is 0.0254. The second-order valence-corrected chi connectivity index (χ2v) is 8.56. The van der Waals surface area contributed by atoms with Gasteiger partial charge in [0.15, 0.2) is 0 Å². The summed E-state index contributed by atoms with van der Waals surface area (Å²) in [5, 5.41) is 3.33. The van der Waals surface area contributed by atoms with Crippen molar-refractivity contribution in [3.63, 3.8) is 0 Å². The third kappa shape index (κ3) is 4.26. The van der Waals surface area contributed by atoms with Gasteiger partial charge in [-0.15, -0.1) is 11.3 Å². The lowest BCUT2D eigenvalue weighted by atomic mass is 10.3. The van der Waals surface area contributed by atoms with Gasteiger partial charge in [-0.25, -0.2) is 8.42 Å². The van der Waals surface area contributed by atoms with Gasteiger partial charge in [-0.2, -0.15) is 4.31 Å². The molecule has 1 aromatic rings. The molecule has 1 unspecified atom stereocenters. The molecule has 0 spiro atoms. The molecule has 120 valence electrons. The SMILES string of the molecule is CCCNCCc1ccc(S(=O)(=O)N2CCC(OC)C2)s1. The summed E-state index contributed by atoms with van der Waals surface area (Å²) >= 11 is 1.38. The second-order valence-electron chi connectivity index (χ2n) is 5.23. The summed E-state index contributed by atoms with van der Waals surface area (Å²) in [6.07, 6.45) is 2.78. The van der Waals surface area contributed by atoms with Crippen molar-refractivity contribution in [2.45, 2.75) is 36.5 Å². The van der Waals surface area contributed by atoms with Gasteiger partial charge in [0, 0.05) is 25.1 Å². The first-order valence-electron chi connectivity index (χ1n) is 7.40. The Morgan fingerprint density at radius 1 is 1.43 bits per heavy atom. The quantitative estimate of drug-likeness (QED) is 0.736. The molecule has 1 saturated heterocycles. The number of nitrogens with zero attached hydrogens (tertiary/aromatic N) is 1. The van der Waals surface area contributed by atoms with Crippen LogP contribution in [0, 0.1) is 0 Å². The summed E-state index contributed by atoms with van der Waals surface area (Å²) in [6.45, 7) is 5.04. The number of hydrogen-bond donors (Lipinski definition) is 1. The van der Waals surface area contributed by atoms with Crippen LogP contribution >= 0.6 is 11.3 Å². The average Bonchev–Trinajstić information content (AvgIpc) is 3.13. The van der Waals surface area contributed by atoms with Crippen LogP contribution in [0.2, 0.25) is 0 Å². The summed E-state index contributed by atoms with van der Waals surface area (Å²) in [4.78, 5) is 1.11. The standard InChI is InChI=1S/C14H24N2O3S2/c1-3-8-15-9-6-13-4-5-14(20-13)21(17,18)16-10-7-12(11-16)19-2/h4-5,12,15H,3,6-11H2,1-2H3. The molecular formula is C14H24N2O3S2. The molecule has 5 nitrogen and oxygen atoms in total. The van der Waals surface area contributed by atoms with Crippen molar-refractivity contribution >= 4 is 21.4 Å². The highest BCUT2D eigenvalue weighted by Crippen LogP contribution is 2.28. The van der Waals surface area contributed by atoms with Crippen LogP contribution in [-0.4, -0.2) is 52.1 Å². The Morgan fingerprint density at radius 3 is 2.90 bits per heavy atom. The molecular weight excluding hydrogens is 308 g/mol. The van der Waals surface area contributed by atoms with Crippen LogP contribution in [-0.2, 0) is 21.2 Å². The fourth-order valence-electron chi connectivity index (χ4n) is 2.38. The molecule has 1 N–H and O–H groups in total. The second kappa shape index (κ2) is 7.69. The third-order valence-electron chi connectivity index (χ3n) is 3.65. The van der Waals surface area contributed by atoms with Gasteiger partial charge in [-0.3, -0.25) is 0 Å². The molecule has 0 aromatic carbocycles. The molecule has 1 aliphatic heterocycles. The maximum atomic E-state index is 12.6. The largest absolute Gasteiger partial charge is 0.380 e. The summed E-state index contributed by atoms with van der Waals surface area (Å²) < 4.78 is 32.3. The number of hydrogen-bond acceptors (Lipinski definition) is 5. The Hall–Kier alpha value is -0.470. The van der Waals surface area contributed by atoms with E-state index in [0.29, 0.717) is 17.3 Å². The van der Waals surface area contributed by atoms with Gasteiger partial charge < -0.3 is 10.1 Å². The summed E-state index contributed by atoms with van der Waals surface area (Å²) in [5.74, 6) is 0. The van der Waals surface area contributed by atoms with Gasteiger partial charge in [-0.1, -0.05) is 6.92 Å². The van der Waals surface area contributed by atoms with E-state index in [1.54, 1.807) is 13.2 Å². The lowest BCUT2D eigenvalue weighted by Gasteiger charge is -2.14. The molecule has 0 bridgehead atoms. The predicted octanol–water partition coefficient (Wildman–Crippen LogP) is 1.70. The number of thiophene rings is 1. The number of methoxy groups -OCH3 is 1. The van der Waals surface area contributed by atoms with E-state index >= 15 is 0 Å². The van der Waals surface area contributed by atoms with E-state index in [1.807, 2.05) is 6.07 Å². The Labute approximate surface area is 131 Å². The van der Waals surface area contributed by atoms with E-state index in [9.17, 15) is 8.42 Å². The zero-order valence-electron chi connectivity index (χ0n) is 12.7. The first kappa shape index (κ1) is 16.9. The predicted molar refractivity (Wildman–Crippen MR) is 85.4 cm³/mol. The highest BCUT2D eigenvalue weighted by molar-refractivity contribution is 7.91. The smallest absolute Gasteiger partial charge is 0.252 e. The van der Waals surface area contributed by atoms with Gasteiger partial charge in [0.25, 0.3) is 10.0 Å². The van der Waals surface area contributed by atoms with Crippen LogP contribution in [0.4, 0.5) is 0 Å². The molecule has 2 heterocycles. The third-order valence-corrected chi connectivity index (χ3v) is 7.12. The van der Waals surface area contributed by atoms with Crippen LogP contribution in [0.5, 0.6) is 0 Å². The zero-order valence-corrected chi connectivity index (χ0v) is 14.3. The van der Waals surface area contributed by atoms with Crippen molar-refractivity contribution in [3.05, 3.63) is 17.0 Å². The van der Waals surface area contributed by atoms with Gasteiger partial charge in [0.05, 0.1) is 6.10 Å². The zero-order chi connectivity index (χ0) is 15.3. The van der Waals surface area contributed by atoms with Crippen LogP contribution in [0.1, 0.15) is 24.6 Å². The van der Waals surface area contributed by atoms with E-state index in [1.165, 1.54) is 15.6 Å². The van der Waals surface area contributed by atoms with E-state index in [2.05, 4.69) is 12.2 Å². The maximum absolute atomic E-state index is 12.6. The Balaban J connectivity index is 1.96. The molecule has 0 saturated carbocycles. The summed E-state index contributed by atoms with van der Waals surface area (Å²) in [6, 6.07) is 3.66. The number of ether oxygens (including phenoxy) is 1. The van der Waals surface area contributed by atoms with Crippen molar-refractivity contribution in [1.82, 2.24) is 9.62 Å². The molecule has 1 aromatic heterocycles. The van der Waals surface area contributed by atoms with E-state index in [-0.39, 0.29) is 6.10 Å². The molecule has 1 fully saturated rings. The van der Waals surface area contributed by atoms with E-state index < -0.39 is 10.0 Å². The van der Waals surface area contributed by atoms with Gasteiger partial charge in [0.2, 0.25) is 0 Å². The minimum Gasteiger partial charge on any atom is -0.380 e. The maximum Gasteiger partial charge on any atom is 0.252 e. The van der Waals surface area contributed by atoms with Crippen LogP contribution < -0.4 is 5.32 Å².